The molecule has 0 heterocycles. The van der Waals surface area contributed by atoms with E-state index in [1.165, 1.54) is 24.3 Å². The summed E-state index contributed by atoms with van der Waals surface area (Å²) < 4.78 is 17.8. The van der Waals surface area contributed by atoms with Gasteiger partial charge in [-0.25, -0.2) is 9.18 Å². The molecular formula is C14H9Cl2FO2. The molecule has 0 radical (unpaired) electrons. The van der Waals surface area contributed by atoms with Crippen LogP contribution in [-0.2, 0) is 11.3 Å². The average molecular weight is 299 g/mol. The molecule has 0 aliphatic rings. The molecule has 19 heavy (non-hydrogen) atoms. The molecule has 0 aliphatic carbocycles. The number of ether oxygens (including phenoxy) is 1. The van der Waals surface area contributed by atoms with Gasteiger partial charge in [-0.1, -0.05) is 29.3 Å². The lowest BCUT2D eigenvalue weighted by atomic mass is 10.2. The quantitative estimate of drug-likeness (QED) is 0.781. The third kappa shape index (κ3) is 3.69. The van der Waals surface area contributed by atoms with Crippen LogP contribution in [0.1, 0.15) is 15.9 Å². The zero-order valence-electron chi connectivity index (χ0n) is 9.70. The zero-order chi connectivity index (χ0) is 13.8. The Morgan fingerprint density at radius 1 is 1.05 bits per heavy atom. The number of carbonyl (C=O) groups excluding carboxylic acids is 1. The molecule has 2 aromatic rings. The highest BCUT2D eigenvalue weighted by Gasteiger charge is 2.08. The fraction of sp³-hybridized carbons (Fsp3) is 0.0714. The van der Waals surface area contributed by atoms with Crippen LogP contribution in [0.5, 0.6) is 0 Å². The molecule has 0 saturated heterocycles. The molecule has 2 aromatic carbocycles. The van der Waals surface area contributed by atoms with Crippen molar-refractivity contribution in [3.63, 3.8) is 0 Å². The highest BCUT2D eigenvalue weighted by Crippen LogP contribution is 2.23. The van der Waals surface area contributed by atoms with Crippen LogP contribution < -0.4 is 0 Å². The molecule has 0 N–H and O–H groups in total. The van der Waals surface area contributed by atoms with E-state index in [9.17, 15) is 9.18 Å². The first-order valence-corrected chi connectivity index (χ1v) is 6.18. The predicted molar refractivity (Wildman–Crippen MR) is 72.0 cm³/mol. The van der Waals surface area contributed by atoms with E-state index in [4.69, 9.17) is 27.9 Å². The third-order valence-corrected chi connectivity index (χ3v) is 3.17. The van der Waals surface area contributed by atoms with Crippen molar-refractivity contribution in [1.82, 2.24) is 0 Å². The lowest BCUT2D eigenvalue weighted by molar-refractivity contribution is 0.0472. The smallest absolute Gasteiger partial charge is 0.338 e. The van der Waals surface area contributed by atoms with E-state index >= 15 is 0 Å². The summed E-state index contributed by atoms with van der Waals surface area (Å²) in [7, 11) is 0. The molecule has 2 rings (SSSR count). The number of hydrogen-bond acceptors (Lipinski definition) is 2. The van der Waals surface area contributed by atoms with Crippen molar-refractivity contribution in [3.05, 3.63) is 69.5 Å². The van der Waals surface area contributed by atoms with Crippen LogP contribution in [0.3, 0.4) is 0 Å². The number of rotatable bonds is 3. The third-order valence-electron chi connectivity index (χ3n) is 2.43. The van der Waals surface area contributed by atoms with Gasteiger partial charge in [0, 0.05) is 0 Å². The monoisotopic (exact) mass is 298 g/mol. The van der Waals surface area contributed by atoms with Crippen molar-refractivity contribution >= 4 is 29.2 Å². The van der Waals surface area contributed by atoms with E-state index in [2.05, 4.69) is 0 Å². The maximum Gasteiger partial charge on any atom is 0.338 e. The van der Waals surface area contributed by atoms with Crippen molar-refractivity contribution in [2.45, 2.75) is 6.61 Å². The van der Waals surface area contributed by atoms with Crippen LogP contribution in [0.25, 0.3) is 0 Å². The molecule has 5 heteroatoms. The van der Waals surface area contributed by atoms with Crippen LogP contribution in [0.4, 0.5) is 4.39 Å². The molecule has 98 valence electrons. The van der Waals surface area contributed by atoms with Gasteiger partial charge in [0.25, 0.3) is 0 Å². The van der Waals surface area contributed by atoms with Gasteiger partial charge in [0.1, 0.15) is 12.4 Å². The van der Waals surface area contributed by atoms with Crippen molar-refractivity contribution in [3.8, 4) is 0 Å². The van der Waals surface area contributed by atoms with E-state index in [1.54, 1.807) is 18.2 Å². The van der Waals surface area contributed by atoms with Gasteiger partial charge >= 0.3 is 5.97 Å². The van der Waals surface area contributed by atoms with Crippen LogP contribution in [0, 0.1) is 5.82 Å². The molecule has 0 saturated carbocycles. The summed E-state index contributed by atoms with van der Waals surface area (Å²) >= 11 is 11.6. The first-order valence-electron chi connectivity index (χ1n) is 5.43. The van der Waals surface area contributed by atoms with Gasteiger partial charge in [-0.3, -0.25) is 0 Å². The highest BCUT2D eigenvalue weighted by molar-refractivity contribution is 6.42. The highest BCUT2D eigenvalue weighted by atomic mass is 35.5. The Kier molecular flexibility index (Phi) is 4.40. The topological polar surface area (TPSA) is 26.3 Å². The largest absolute Gasteiger partial charge is 0.457 e. The Balaban J connectivity index is 2.00. The van der Waals surface area contributed by atoms with E-state index in [-0.39, 0.29) is 6.61 Å². The van der Waals surface area contributed by atoms with Gasteiger partial charge in [0.2, 0.25) is 0 Å². The summed E-state index contributed by atoms with van der Waals surface area (Å²) in [5, 5.41) is 0.840. The van der Waals surface area contributed by atoms with Crippen LogP contribution >= 0.6 is 23.2 Å². The van der Waals surface area contributed by atoms with Gasteiger partial charge in [-0.05, 0) is 42.0 Å². The lowest BCUT2D eigenvalue weighted by Gasteiger charge is -2.06. The van der Waals surface area contributed by atoms with E-state index < -0.39 is 11.8 Å². The van der Waals surface area contributed by atoms with Crippen molar-refractivity contribution in [2.75, 3.05) is 0 Å². The number of esters is 1. The lowest BCUT2D eigenvalue weighted by Crippen LogP contribution is -2.05. The summed E-state index contributed by atoms with van der Waals surface area (Å²) in [6.07, 6.45) is 0. The molecule has 0 amide bonds. The first-order chi connectivity index (χ1) is 9.06. The van der Waals surface area contributed by atoms with Crippen molar-refractivity contribution < 1.29 is 13.9 Å². The molecule has 0 unspecified atom stereocenters. The van der Waals surface area contributed by atoms with Crippen molar-refractivity contribution in [1.29, 1.82) is 0 Å². The van der Waals surface area contributed by atoms with Crippen LogP contribution in [0.2, 0.25) is 10.0 Å². The molecule has 0 spiro atoms. The second-order valence-electron chi connectivity index (χ2n) is 3.83. The summed E-state index contributed by atoms with van der Waals surface area (Å²) in [6, 6.07) is 10.1. The number of benzene rings is 2. The Morgan fingerprint density at radius 3 is 2.37 bits per heavy atom. The van der Waals surface area contributed by atoms with Crippen LogP contribution in [-0.4, -0.2) is 5.97 Å². The van der Waals surface area contributed by atoms with Gasteiger partial charge in [-0.15, -0.1) is 0 Å². The summed E-state index contributed by atoms with van der Waals surface area (Å²) in [5.41, 5.74) is 1.02. The van der Waals surface area contributed by atoms with Crippen molar-refractivity contribution in [2.24, 2.45) is 0 Å². The minimum atomic E-state index is -0.522. The van der Waals surface area contributed by atoms with Gasteiger partial charge in [0.15, 0.2) is 0 Å². The molecular weight excluding hydrogens is 290 g/mol. The van der Waals surface area contributed by atoms with Gasteiger partial charge in [-0.2, -0.15) is 0 Å². The van der Waals surface area contributed by atoms with E-state index in [1.807, 2.05) is 0 Å². The molecule has 2 nitrogen and oxygen atoms in total. The minimum Gasteiger partial charge on any atom is -0.457 e. The number of hydrogen-bond donors (Lipinski definition) is 0. The maximum absolute atomic E-state index is 12.7. The number of halogens is 3. The maximum atomic E-state index is 12.7. The summed E-state index contributed by atoms with van der Waals surface area (Å²) in [5.74, 6) is -0.924. The fourth-order valence-electron chi connectivity index (χ4n) is 1.45. The summed E-state index contributed by atoms with van der Waals surface area (Å²) in [4.78, 5) is 11.7. The molecule has 0 aliphatic heterocycles. The predicted octanol–water partition coefficient (Wildman–Crippen LogP) is 4.49. The average Bonchev–Trinajstić information content (AvgIpc) is 2.40. The molecule has 0 aromatic heterocycles. The van der Waals surface area contributed by atoms with E-state index in [0.29, 0.717) is 15.6 Å². The summed E-state index contributed by atoms with van der Waals surface area (Å²) in [6.45, 7) is 0.0765. The SMILES string of the molecule is O=C(OCc1ccc(Cl)c(Cl)c1)c1ccc(F)cc1. The second kappa shape index (κ2) is 6.04. The number of carbonyl (C=O) groups is 1. The standard InChI is InChI=1S/C14H9Cl2FO2/c15-12-6-1-9(7-13(12)16)8-19-14(18)10-2-4-11(17)5-3-10/h1-7H,8H2. The second-order valence-corrected chi connectivity index (χ2v) is 4.65. The zero-order valence-corrected chi connectivity index (χ0v) is 11.2. The van der Waals surface area contributed by atoms with Gasteiger partial charge in [0.05, 0.1) is 15.6 Å². The molecule has 0 fully saturated rings. The fourth-order valence-corrected chi connectivity index (χ4v) is 1.77. The first kappa shape index (κ1) is 13.8. The Hall–Kier alpha value is -1.58. The molecule has 0 bridgehead atoms. The van der Waals surface area contributed by atoms with Gasteiger partial charge < -0.3 is 4.74 Å². The van der Waals surface area contributed by atoms with E-state index in [0.717, 1.165) is 5.56 Å². The molecule has 0 atom stereocenters. The Morgan fingerprint density at radius 2 is 1.74 bits per heavy atom. The minimum absolute atomic E-state index is 0.0765. The van der Waals surface area contributed by atoms with Crippen LogP contribution in [0.15, 0.2) is 42.5 Å². The Bertz CT molecular complexity index is 597. The normalized spacial score (nSPS) is 10.3. The Labute approximate surface area is 119 Å².